The highest BCUT2D eigenvalue weighted by Gasteiger charge is 2.48. The van der Waals surface area contributed by atoms with E-state index in [9.17, 15) is 27.6 Å². The monoisotopic (exact) mass is 529 g/mol. The number of hydrogen-bond acceptors (Lipinski definition) is 6. The number of alkyl halides is 5. The lowest BCUT2D eigenvalue weighted by molar-refractivity contribution is -0.138. The number of piperidine rings is 1. The molecule has 10 nitrogen and oxygen atoms in total. The first-order valence-corrected chi connectivity index (χ1v) is 11.3. The molecule has 0 aromatic carbocycles. The molecule has 4 rings (SSSR count). The summed E-state index contributed by atoms with van der Waals surface area (Å²) in [5.41, 5.74) is -2.78. The molecule has 2 N–H and O–H groups in total. The molecule has 1 aliphatic heterocycles. The Morgan fingerprint density at radius 3 is 2.41 bits per heavy atom. The highest BCUT2D eigenvalue weighted by molar-refractivity contribution is 5.93. The first kappa shape index (κ1) is 26.3. The van der Waals surface area contributed by atoms with Crippen molar-refractivity contribution < 1.29 is 31.5 Å². The molecule has 2 aromatic rings. The van der Waals surface area contributed by atoms with E-state index in [1.807, 2.05) is 5.32 Å². The van der Waals surface area contributed by atoms with Gasteiger partial charge in [0.05, 0.1) is 24.5 Å². The van der Waals surface area contributed by atoms with Crippen molar-refractivity contribution in [1.82, 2.24) is 19.4 Å². The summed E-state index contributed by atoms with van der Waals surface area (Å²) in [5, 5.41) is 4.63. The van der Waals surface area contributed by atoms with Crippen LogP contribution in [0.1, 0.15) is 24.8 Å². The van der Waals surface area contributed by atoms with Crippen LogP contribution in [-0.2, 0) is 18.0 Å². The van der Waals surface area contributed by atoms with Crippen LogP contribution in [0.25, 0.3) is 0 Å². The zero-order valence-corrected chi connectivity index (χ0v) is 19.9. The Morgan fingerprint density at radius 2 is 1.84 bits per heavy atom. The summed E-state index contributed by atoms with van der Waals surface area (Å²) in [4.78, 5) is 46.8. The van der Waals surface area contributed by atoms with Crippen molar-refractivity contribution in [2.45, 2.75) is 37.4 Å². The van der Waals surface area contributed by atoms with Crippen molar-refractivity contribution in [3.63, 3.8) is 0 Å². The van der Waals surface area contributed by atoms with Gasteiger partial charge < -0.3 is 25.0 Å². The minimum Gasteiger partial charge on any atom is -0.349 e. The fraction of sp³-hybridized carbons (Fsp3) is 0.500. The van der Waals surface area contributed by atoms with E-state index < -0.39 is 47.5 Å². The van der Waals surface area contributed by atoms with Crippen molar-refractivity contribution in [2.75, 3.05) is 35.7 Å². The number of aryl methyl sites for hydroxylation is 1. The van der Waals surface area contributed by atoms with E-state index in [1.54, 1.807) is 0 Å². The third-order valence-electron chi connectivity index (χ3n) is 6.26. The molecule has 1 saturated heterocycles. The summed E-state index contributed by atoms with van der Waals surface area (Å²) in [6.45, 7) is -0.727. The maximum atomic E-state index is 15.1. The number of nitrogens with zero attached hydrogens (tertiary/aromatic N) is 5. The first-order chi connectivity index (χ1) is 17.3. The van der Waals surface area contributed by atoms with Gasteiger partial charge in [-0.3, -0.25) is 9.59 Å². The van der Waals surface area contributed by atoms with Crippen molar-refractivity contribution in [1.29, 1.82) is 0 Å². The number of carbonyl (C=O) groups is 2. The number of aromatic nitrogens is 3. The summed E-state index contributed by atoms with van der Waals surface area (Å²) in [6.07, 6.45) is -0.245. The molecule has 3 heterocycles. The molecule has 1 saturated carbocycles. The quantitative estimate of drug-likeness (QED) is 0.577. The molecule has 1 aliphatic carbocycles. The Balaban J connectivity index is 1.42. The number of nitrogens with one attached hydrogen (secondary N) is 2. The van der Waals surface area contributed by atoms with Crippen LogP contribution in [0.3, 0.4) is 0 Å². The van der Waals surface area contributed by atoms with E-state index in [1.165, 1.54) is 17.3 Å². The van der Waals surface area contributed by atoms with Crippen molar-refractivity contribution in [3.05, 3.63) is 40.6 Å². The third kappa shape index (κ3) is 5.80. The lowest BCUT2D eigenvalue weighted by Crippen LogP contribution is -2.59. The lowest BCUT2D eigenvalue weighted by Gasteiger charge is -2.42. The number of rotatable bonds is 5. The van der Waals surface area contributed by atoms with E-state index in [4.69, 9.17) is 0 Å². The second kappa shape index (κ2) is 9.59. The van der Waals surface area contributed by atoms with Gasteiger partial charge in [0.15, 0.2) is 5.82 Å². The van der Waals surface area contributed by atoms with Gasteiger partial charge in [-0.15, -0.1) is 0 Å². The molecule has 0 radical (unpaired) electrons. The van der Waals surface area contributed by atoms with E-state index in [2.05, 4.69) is 15.3 Å². The van der Waals surface area contributed by atoms with Crippen LogP contribution in [0.4, 0.5) is 44.1 Å². The van der Waals surface area contributed by atoms with E-state index >= 15 is 8.78 Å². The van der Waals surface area contributed by atoms with Gasteiger partial charge >= 0.3 is 12.2 Å². The van der Waals surface area contributed by atoms with Gasteiger partial charge in [-0.05, 0) is 25.3 Å². The molecule has 0 spiro atoms. The zero-order valence-electron chi connectivity index (χ0n) is 19.9. The Kier molecular flexibility index (Phi) is 6.81. The van der Waals surface area contributed by atoms with Crippen LogP contribution in [0, 0.1) is 5.92 Å². The minimum atomic E-state index is -4.78. The number of anilines is 3. The normalized spacial score (nSPS) is 19.3. The Hall–Kier alpha value is -3.78. The molecular formula is C22H24F5N7O3. The summed E-state index contributed by atoms with van der Waals surface area (Å²) in [7, 11) is 2.16. The predicted octanol–water partition coefficient (Wildman–Crippen LogP) is 2.92. The highest BCUT2D eigenvalue weighted by atomic mass is 19.4. The molecular weight excluding hydrogens is 505 g/mol. The Morgan fingerprint density at radius 1 is 1.14 bits per heavy atom. The number of urea groups is 1. The smallest absolute Gasteiger partial charge is 0.349 e. The number of hydrogen-bond donors (Lipinski definition) is 2. The largest absolute Gasteiger partial charge is 0.417 e. The van der Waals surface area contributed by atoms with Gasteiger partial charge in [-0.1, -0.05) is 0 Å². The number of amides is 3. The minimum absolute atomic E-state index is 0.0371. The van der Waals surface area contributed by atoms with Crippen LogP contribution in [-0.4, -0.2) is 63.5 Å². The average Bonchev–Trinajstić information content (AvgIpc) is 3.66. The second-order valence-electron chi connectivity index (χ2n) is 9.11. The molecule has 1 atom stereocenters. The van der Waals surface area contributed by atoms with E-state index in [0.717, 1.165) is 26.9 Å². The summed E-state index contributed by atoms with van der Waals surface area (Å²) in [5.74, 6) is -3.27. The summed E-state index contributed by atoms with van der Waals surface area (Å²) >= 11 is 0. The Bertz CT molecular complexity index is 1240. The summed E-state index contributed by atoms with van der Waals surface area (Å²) in [6, 6.07) is -2.28. The molecule has 2 aliphatic rings. The Labute approximate surface area is 207 Å². The third-order valence-corrected chi connectivity index (χ3v) is 6.26. The average molecular weight is 529 g/mol. The molecule has 200 valence electrons. The van der Waals surface area contributed by atoms with Crippen LogP contribution < -0.4 is 21.1 Å². The molecule has 37 heavy (non-hydrogen) atoms. The van der Waals surface area contributed by atoms with Gasteiger partial charge in [0, 0.05) is 32.8 Å². The maximum absolute atomic E-state index is 15.1. The molecule has 0 unspecified atom stereocenters. The number of pyridine rings is 1. The molecule has 2 fully saturated rings. The standard InChI is InChI=1S/C22H24F5N7O3/c1-32-10-13(22(25,26)27)7-14(19(32)36)30-20(37)33(2)15-5-6-34(11-21(15,23)24)17-9-28-16(8-29-17)31-18(35)12-3-4-12/h7-10,12,15H,3-6,11H2,1-2H3,(H,30,37)(H,28,31,35)/t15-/m1/s1. The van der Waals surface area contributed by atoms with Gasteiger partial charge in [-0.2, -0.15) is 13.2 Å². The van der Waals surface area contributed by atoms with E-state index in [0.29, 0.717) is 21.7 Å². The van der Waals surface area contributed by atoms with Crippen LogP contribution >= 0.6 is 0 Å². The summed E-state index contributed by atoms with van der Waals surface area (Å²) < 4.78 is 70.1. The van der Waals surface area contributed by atoms with Gasteiger partial charge in [0.25, 0.3) is 11.5 Å². The number of carbonyl (C=O) groups excluding carboxylic acids is 2. The molecule has 2 aromatic heterocycles. The molecule has 15 heteroatoms. The van der Waals surface area contributed by atoms with Gasteiger partial charge in [0.1, 0.15) is 17.5 Å². The van der Waals surface area contributed by atoms with E-state index in [-0.39, 0.29) is 36.4 Å². The predicted molar refractivity (Wildman–Crippen MR) is 122 cm³/mol. The van der Waals surface area contributed by atoms with Crippen molar-refractivity contribution >= 4 is 29.3 Å². The topological polar surface area (TPSA) is 112 Å². The first-order valence-electron chi connectivity index (χ1n) is 11.3. The second-order valence-corrected chi connectivity index (χ2v) is 9.11. The van der Waals surface area contributed by atoms with Crippen LogP contribution in [0.2, 0.25) is 0 Å². The zero-order chi connectivity index (χ0) is 27.1. The lowest BCUT2D eigenvalue weighted by atomic mass is 9.99. The fourth-order valence-electron chi connectivity index (χ4n) is 4.02. The molecule has 0 bridgehead atoms. The van der Waals surface area contributed by atoms with Crippen molar-refractivity contribution in [2.24, 2.45) is 13.0 Å². The van der Waals surface area contributed by atoms with Crippen LogP contribution in [0.5, 0.6) is 0 Å². The van der Waals surface area contributed by atoms with Gasteiger partial charge in [-0.25, -0.2) is 23.5 Å². The fourth-order valence-corrected chi connectivity index (χ4v) is 4.02. The molecule has 3 amide bonds. The van der Waals surface area contributed by atoms with Crippen LogP contribution in [0.15, 0.2) is 29.5 Å². The number of halogens is 5. The van der Waals surface area contributed by atoms with Crippen molar-refractivity contribution in [3.8, 4) is 0 Å². The SMILES string of the molecule is CN(C(=O)Nc1cc(C(F)(F)F)cn(C)c1=O)[C@@H]1CCN(c2cnc(NC(=O)C3CC3)cn2)CC1(F)F. The van der Waals surface area contributed by atoms with Gasteiger partial charge in [0.2, 0.25) is 5.91 Å². The highest BCUT2D eigenvalue weighted by Crippen LogP contribution is 2.34. The maximum Gasteiger partial charge on any atom is 0.417 e.